The monoisotopic (exact) mass is 555 g/mol. The van der Waals surface area contributed by atoms with Gasteiger partial charge in [-0.25, -0.2) is 9.97 Å². The minimum absolute atomic E-state index is 0.0316. The summed E-state index contributed by atoms with van der Waals surface area (Å²) in [4.78, 5) is 50.6. The number of carbonyl (C=O) groups is 3. The zero-order valence-electron chi connectivity index (χ0n) is 24.6. The third-order valence-corrected chi connectivity index (χ3v) is 9.70. The molecule has 216 valence electrons. The number of amides is 1. The number of rotatable bonds is 4. The highest BCUT2D eigenvalue weighted by Gasteiger charge is 2.66. The number of carbonyl (C=O) groups excluding carboxylic acids is 3. The van der Waals surface area contributed by atoms with Crippen LogP contribution in [0.2, 0.25) is 0 Å². The number of Topliss-reactive ketones (excluding diaryl/α,β-unsaturated/α-hetero) is 2. The van der Waals surface area contributed by atoms with E-state index in [0.29, 0.717) is 17.9 Å². The Balaban J connectivity index is 1.44. The van der Waals surface area contributed by atoms with Crippen LogP contribution in [-0.4, -0.2) is 54.2 Å². The van der Waals surface area contributed by atoms with Crippen molar-refractivity contribution in [2.75, 3.05) is 0 Å². The summed E-state index contributed by atoms with van der Waals surface area (Å²) in [5, 5.41) is 5.51. The smallest absolute Gasteiger partial charge is 0.245 e. The van der Waals surface area contributed by atoms with Crippen molar-refractivity contribution in [2.24, 2.45) is 5.41 Å². The summed E-state index contributed by atoms with van der Waals surface area (Å²) in [6, 6.07) is 3.95. The van der Waals surface area contributed by atoms with Crippen LogP contribution in [-0.2, 0) is 22.6 Å². The number of hydrogen-bond acceptors (Lipinski definition) is 6. The molecule has 0 radical (unpaired) electrons. The summed E-state index contributed by atoms with van der Waals surface area (Å²) in [5.41, 5.74) is 4.25. The summed E-state index contributed by atoms with van der Waals surface area (Å²) >= 11 is 0. The molecule has 8 nitrogen and oxygen atoms in total. The molecule has 1 aliphatic carbocycles. The van der Waals surface area contributed by atoms with Crippen LogP contribution in [0.1, 0.15) is 106 Å². The van der Waals surface area contributed by atoms with Crippen LogP contribution in [0, 0.1) is 12.3 Å². The lowest BCUT2D eigenvalue weighted by molar-refractivity contribution is -0.139. The highest BCUT2D eigenvalue weighted by Crippen LogP contribution is 2.62. The van der Waals surface area contributed by atoms with Gasteiger partial charge in [-0.3, -0.25) is 19.1 Å². The minimum Gasteiger partial charge on any atom is -0.327 e. The molecular weight excluding hydrogens is 514 g/mol. The Morgan fingerprint density at radius 3 is 2.39 bits per heavy atom. The van der Waals surface area contributed by atoms with Gasteiger partial charge < -0.3 is 4.90 Å². The second kappa shape index (κ2) is 11.1. The Bertz CT molecular complexity index is 1490. The van der Waals surface area contributed by atoms with Gasteiger partial charge in [-0.1, -0.05) is 45.4 Å². The van der Waals surface area contributed by atoms with Crippen LogP contribution in [0.5, 0.6) is 0 Å². The summed E-state index contributed by atoms with van der Waals surface area (Å²) in [5.74, 6) is 0.663. The molecule has 8 heteroatoms. The van der Waals surface area contributed by atoms with Crippen LogP contribution < -0.4 is 0 Å². The molecule has 1 amide bonds. The van der Waals surface area contributed by atoms with Crippen molar-refractivity contribution in [1.82, 2.24) is 24.6 Å². The molecule has 2 aromatic heterocycles. The van der Waals surface area contributed by atoms with Crippen molar-refractivity contribution in [3.8, 4) is 11.1 Å². The van der Waals surface area contributed by atoms with E-state index < -0.39 is 0 Å². The number of aromatic nitrogens is 4. The normalized spacial score (nSPS) is 25.1. The summed E-state index contributed by atoms with van der Waals surface area (Å²) in [7, 11) is 0. The molecule has 3 aliphatic rings. The number of hydrogen-bond donors (Lipinski definition) is 0. The van der Waals surface area contributed by atoms with Crippen molar-refractivity contribution in [1.29, 1.82) is 0 Å². The second-order valence-electron chi connectivity index (χ2n) is 12.5. The van der Waals surface area contributed by atoms with E-state index in [1.807, 2.05) is 37.2 Å². The molecule has 1 aromatic carbocycles. The molecule has 41 heavy (non-hydrogen) atoms. The number of nitrogens with zero attached hydrogens (tertiary/aromatic N) is 5. The SMILES string of the molecule is CCC(=O)[C@@H]1C[C@]23CCCCCCCCCc4cc(-c5cnc(C)nc5)cc5c(C(C)=O)nn(c45)CC(=O)N1[C@@H]2C3. The van der Waals surface area contributed by atoms with Crippen molar-refractivity contribution in [2.45, 2.75) is 116 Å². The fourth-order valence-corrected chi connectivity index (χ4v) is 7.43. The predicted molar refractivity (Wildman–Crippen MR) is 158 cm³/mol. The van der Waals surface area contributed by atoms with E-state index in [0.717, 1.165) is 66.1 Å². The van der Waals surface area contributed by atoms with E-state index in [1.165, 1.54) is 39.0 Å². The second-order valence-corrected chi connectivity index (χ2v) is 12.5. The van der Waals surface area contributed by atoms with Crippen LogP contribution in [0.4, 0.5) is 0 Å². The third kappa shape index (κ3) is 5.22. The Kier molecular flexibility index (Phi) is 7.51. The van der Waals surface area contributed by atoms with Gasteiger partial charge in [0.25, 0.3) is 0 Å². The quantitative estimate of drug-likeness (QED) is 0.365. The summed E-state index contributed by atoms with van der Waals surface area (Å²) in [6.07, 6.45) is 16.0. The van der Waals surface area contributed by atoms with Gasteiger partial charge >= 0.3 is 0 Å². The third-order valence-electron chi connectivity index (χ3n) is 9.70. The zero-order valence-corrected chi connectivity index (χ0v) is 24.6. The van der Waals surface area contributed by atoms with Gasteiger partial charge in [0.1, 0.15) is 18.1 Å². The summed E-state index contributed by atoms with van der Waals surface area (Å²) in [6.45, 7) is 5.31. The largest absolute Gasteiger partial charge is 0.327 e. The average molecular weight is 556 g/mol. The van der Waals surface area contributed by atoms with Crippen molar-refractivity contribution in [3.05, 3.63) is 41.6 Å². The van der Waals surface area contributed by atoms with E-state index >= 15 is 0 Å². The molecular formula is C33H41N5O3. The highest BCUT2D eigenvalue weighted by molar-refractivity contribution is 6.07. The van der Waals surface area contributed by atoms with E-state index in [1.54, 1.807) is 4.68 Å². The fraction of sp³-hybridized carbons (Fsp3) is 0.576. The van der Waals surface area contributed by atoms with Crippen LogP contribution >= 0.6 is 0 Å². The average Bonchev–Trinajstić information content (AvgIpc) is 3.36. The first-order valence-electron chi connectivity index (χ1n) is 15.5. The molecule has 0 N–H and O–H groups in total. The van der Waals surface area contributed by atoms with Crippen molar-refractivity contribution < 1.29 is 14.4 Å². The molecule has 2 fully saturated rings. The maximum atomic E-state index is 14.0. The van der Waals surface area contributed by atoms with Gasteiger partial charge in [-0.2, -0.15) is 5.10 Å². The first kappa shape index (κ1) is 27.7. The van der Waals surface area contributed by atoms with E-state index in [2.05, 4.69) is 16.0 Å². The standard InChI is InChI=1S/C33H41N5O3/c1-4-28(40)27-16-33-13-11-9-7-5-6-8-10-12-23-14-24(25-18-34-22(3)35-19-25)15-26-31(21(2)39)36-37(32(23)26)20-30(41)38(27)29(33)17-33/h14-15,18-19,27,29H,4-13,16-17,20H2,1-3H3/t27-,29+,33-/m0/s1. The number of piperidine rings is 1. The molecule has 0 spiro atoms. The van der Waals surface area contributed by atoms with Gasteiger partial charge in [-0.15, -0.1) is 0 Å². The Morgan fingerprint density at radius 1 is 0.976 bits per heavy atom. The molecule has 2 bridgehead atoms. The Hall–Kier alpha value is -3.42. The van der Waals surface area contributed by atoms with E-state index in [4.69, 9.17) is 5.10 Å². The molecule has 3 atom stereocenters. The fourth-order valence-electron chi connectivity index (χ4n) is 7.43. The van der Waals surface area contributed by atoms with E-state index in [9.17, 15) is 14.4 Å². The summed E-state index contributed by atoms with van der Waals surface area (Å²) < 4.78 is 1.74. The van der Waals surface area contributed by atoms with Crippen molar-refractivity contribution in [3.63, 3.8) is 0 Å². The number of ketones is 2. The van der Waals surface area contributed by atoms with Gasteiger partial charge in [0.05, 0.1) is 11.6 Å². The first-order valence-corrected chi connectivity index (χ1v) is 15.5. The minimum atomic E-state index is -0.341. The Labute approximate surface area is 241 Å². The predicted octanol–water partition coefficient (Wildman–Crippen LogP) is 6.02. The molecule has 0 unspecified atom stereocenters. The Morgan fingerprint density at radius 2 is 1.68 bits per heavy atom. The van der Waals surface area contributed by atoms with Crippen LogP contribution in [0.25, 0.3) is 22.0 Å². The van der Waals surface area contributed by atoms with Gasteiger partial charge in [0.15, 0.2) is 11.6 Å². The van der Waals surface area contributed by atoms with Crippen LogP contribution in [0.3, 0.4) is 0 Å². The lowest BCUT2D eigenvalue weighted by Gasteiger charge is -2.26. The first-order chi connectivity index (χ1) is 19.8. The van der Waals surface area contributed by atoms with Crippen molar-refractivity contribution >= 4 is 28.4 Å². The number of aryl methyl sites for hydroxylation is 2. The maximum Gasteiger partial charge on any atom is 0.245 e. The lowest BCUT2D eigenvalue weighted by atomic mass is 9.91. The molecule has 2 aliphatic heterocycles. The topological polar surface area (TPSA) is 98.0 Å². The zero-order chi connectivity index (χ0) is 28.7. The van der Waals surface area contributed by atoms with E-state index in [-0.39, 0.29) is 41.5 Å². The molecule has 6 rings (SSSR count). The molecule has 4 heterocycles. The van der Waals surface area contributed by atoms with Crippen LogP contribution in [0.15, 0.2) is 24.5 Å². The lowest BCUT2D eigenvalue weighted by Crippen LogP contribution is -2.44. The highest BCUT2D eigenvalue weighted by atomic mass is 16.2. The maximum absolute atomic E-state index is 14.0. The number of benzene rings is 1. The molecule has 1 saturated heterocycles. The van der Waals surface area contributed by atoms with Gasteiger partial charge in [-0.05, 0) is 67.7 Å². The van der Waals surface area contributed by atoms with Gasteiger partial charge in [0, 0.05) is 42.7 Å². The van der Waals surface area contributed by atoms with Gasteiger partial charge in [0.2, 0.25) is 5.91 Å². The molecule has 3 aromatic rings. The molecule has 1 saturated carbocycles.